The monoisotopic (exact) mass is 1400 g/mol. The number of hydrogen-bond acceptors (Lipinski definition) is 8. The second kappa shape index (κ2) is 52.7. The van der Waals surface area contributed by atoms with Crippen LogP contribution in [0.25, 0.3) is 68.6 Å². The number of aromatic amines is 2. The van der Waals surface area contributed by atoms with Crippen LogP contribution in [0.15, 0.2) is 60.7 Å². The van der Waals surface area contributed by atoms with Crippen molar-refractivity contribution in [3.8, 4) is 56.8 Å². The van der Waals surface area contributed by atoms with Gasteiger partial charge >= 0.3 is 0 Å². The van der Waals surface area contributed by atoms with Crippen LogP contribution in [0.1, 0.15) is 373 Å². The van der Waals surface area contributed by atoms with Crippen LogP contribution in [0, 0.1) is 0 Å². The highest BCUT2D eigenvalue weighted by atomic mass is 16.5. The first-order valence-corrected chi connectivity index (χ1v) is 42.7. The Morgan fingerprint density at radius 1 is 0.245 bits per heavy atom. The fourth-order valence-electron chi connectivity index (χ4n) is 14.3. The summed E-state index contributed by atoms with van der Waals surface area (Å²) in [6.45, 7) is 17.4. The molecular weight excluding hydrogens is 1260 g/mol. The van der Waals surface area contributed by atoms with Gasteiger partial charge in [0.05, 0.1) is 62.4 Å². The Kier molecular flexibility index (Phi) is 43.0. The minimum atomic E-state index is 0.613. The summed E-state index contributed by atoms with van der Waals surface area (Å²) in [5.41, 5.74) is 11.0. The third-order valence-corrected chi connectivity index (χ3v) is 20.5. The molecule has 5 heterocycles. The van der Waals surface area contributed by atoms with E-state index < -0.39 is 0 Å². The van der Waals surface area contributed by atoms with Gasteiger partial charge < -0.3 is 38.4 Å². The standard InChI is InChI=1S/C92H142N4O6/c1-7-13-19-25-31-37-43-49-63-97-85-69-75(70-86(98-64-50-44-38-32-26-20-14-8-2)91(85)101-67-53-47-41-35-29-23-17-11-5)89-81-59-55-77(93-81)73-79-57-61-83(95-79)90(84-62-58-80(96-84)74-78-56-60-82(89)94-78)76-71-87(99-65-51-45-39-33-27-21-15-9-3)92(102-68-54-48-42-36-30-24-18-12-6)88(72-76)100-66-52-46-40-34-28-22-16-10-4/h55-62,69-74,93,96H,7-54,63-68H2,1-6H3. The number of nitrogens with zero attached hydrogens (tertiary/aromatic N) is 2. The van der Waals surface area contributed by atoms with Gasteiger partial charge in [0.1, 0.15) is 0 Å². The molecule has 3 aromatic heterocycles. The minimum absolute atomic E-state index is 0.613. The number of ether oxygens (including phenoxy) is 6. The second-order valence-electron chi connectivity index (χ2n) is 29.7. The summed E-state index contributed by atoms with van der Waals surface area (Å²) < 4.78 is 41.7. The van der Waals surface area contributed by atoms with Crippen molar-refractivity contribution in [1.29, 1.82) is 0 Å². The van der Waals surface area contributed by atoms with Crippen molar-refractivity contribution in [3.63, 3.8) is 0 Å². The molecule has 0 aliphatic carbocycles. The molecule has 2 aliphatic heterocycles. The Bertz CT molecular complexity index is 2960. The molecule has 2 N–H and O–H groups in total. The van der Waals surface area contributed by atoms with Crippen LogP contribution in [-0.2, 0) is 0 Å². The highest BCUT2D eigenvalue weighted by Crippen LogP contribution is 2.46. The highest BCUT2D eigenvalue weighted by molar-refractivity contribution is 5.94. The molecule has 0 spiro atoms. The van der Waals surface area contributed by atoms with Gasteiger partial charge in [0, 0.05) is 33.2 Å². The maximum Gasteiger partial charge on any atom is 0.203 e. The van der Waals surface area contributed by atoms with Gasteiger partial charge in [-0.1, -0.05) is 311 Å². The zero-order valence-electron chi connectivity index (χ0n) is 65.6. The van der Waals surface area contributed by atoms with Crippen LogP contribution in [0.2, 0.25) is 0 Å². The van der Waals surface area contributed by atoms with E-state index >= 15 is 0 Å². The van der Waals surface area contributed by atoms with Gasteiger partial charge in [0.2, 0.25) is 11.5 Å². The van der Waals surface area contributed by atoms with E-state index in [2.05, 4.69) is 136 Å². The molecule has 566 valence electrons. The number of nitrogens with one attached hydrogen (secondary N) is 2. The Morgan fingerprint density at radius 2 is 0.471 bits per heavy atom. The molecule has 0 radical (unpaired) electrons. The molecule has 5 aromatic rings. The summed E-state index contributed by atoms with van der Waals surface area (Å²) in [4.78, 5) is 18.7. The van der Waals surface area contributed by atoms with E-state index in [9.17, 15) is 0 Å². The van der Waals surface area contributed by atoms with Crippen LogP contribution in [0.3, 0.4) is 0 Å². The molecule has 0 amide bonds. The molecule has 2 aromatic carbocycles. The van der Waals surface area contributed by atoms with Gasteiger partial charge in [-0.3, -0.25) is 0 Å². The van der Waals surface area contributed by atoms with Crippen molar-refractivity contribution in [2.75, 3.05) is 39.6 Å². The van der Waals surface area contributed by atoms with Gasteiger partial charge in [0.15, 0.2) is 23.0 Å². The molecular formula is C92H142N4O6. The van der Waals surface area contributed by atoms with Crippen molar-refractivity contribution >= 4 is 46.4 Å². The van der Waals surface area contributed by atoms with Crippen molar-refractivity contribution in [3.05, 3.63) is 83.4 Å². The van der Waals surface area contributed by atoms with Crippen molar-refractivity contribution < 1.29 is 28.4 Å². The zero-order chi connectivity index (χ0) is 71.5. The number of aromatic nitrogens is 4. The first-order valence-electron chi connectivity index (χ1n) is 42.7. The molecule has 0 atom stereocenters. The van der Waals surface area contributed by atoms with Gasteiger partial charge in [-0.2, -0.15) is 0 Å². The van der Waals surface area contributed by atoms with Crippen LogP contribution >= 0.6 is 0 Å². The molecule has 0 saturated carbocycles. The van der Waals surface area contributed by atoms with E-state index in [1.807, 2.05) is 0 Å². The molecule has 7 rings (SSSR count). The topological polar surface area (TPSA) is 113 Å². The maximum absolute atomic E-state index is 6.97. The first kappa shape index (κ1) is 83.1. The fourth-order valence-corrected chi connectivity index (χ4v) is 14.3. The number of fused-ring (bicyclic) bond motifs is 8. The SMILES string of the molecule is CCCCCCCCCCOc1cc(-c2c3nc(cc4ccc([nH]4)c(-c4cc(OCCCCCCCCCC)c(OCCCCCCCCCC)c(OCCCCCCCCCC)c4)c4nc(cc5ccc2[nH]5)C=C4)C=C3)cc(OCCCCCCCCCC)c1OCCCCCCCCCC. The van der Waals surface area contributed by atoms with Gasteiger partial charge in [0.25, 0.3) is 0 Å². The first-order chi connectivity index (χ1) is 50.5. The van der Waals surface area contributed by atoms with Gasteiger partial charge in [-0.25, -0.2) is 9.97 Å². The van der Waals surface area contributed by atoms with Crippen molar-refractivity contribution in [1.82, 2.24) is 19.9 Å². The molecule has 10 nitrogen and oxygen atoms in total. The summed E-state index contributed by atoms with van der Waals surface area (Å²) >= 11 is 0. The summed E-state index contributed by atoms with van der Waals surface area (Å²) in [6, 6.07) is 21.8. The number of unbranched alkanes of at least 4 members (excludes halogenated alkanes) is 42. The van der Waals surface area contributed by atoms with Crippen LogP contribution in [0.5, 0.6) is 34.5 Å². The zero-order valence-corrected chi connectivity index (χ0v) is 65.6. The van der Waals surface area contributed by atoms with E-state index in [1.54, 1.807) is 0 Å². The van der Waals surface area contributed by atoms with E-state index in [4.69, 9.17) is 38.4 Å². The van der Waals surface area contributed by atoms with Gasteiger partial charge in [-0.05, 0) is 135 Å². The van der Waals surface area contributed by atoms with Crippen LogP contribution < -0.4 is 28.4 Å². The number of hydrogen-bond donors (Lipinski definition) is 2. The highest BCUT2D eigenvalue weighted by Gasteiger charge is 2.23. The Hall–Kier alpha value is -6.16. The van der Waals surface area contributed by atoms with E-state index in [0.29, 0.717) is 39.6 Å². The fraction of sp³-hybridized carbons (Fsp3) is 0.652. The summed E-state index contributed by atoms with van der Waals surface area (Å²) in [6.07, 6.45) is 67.9. The minimum Gasteiger partial charge on any atom is -0.490 e. The third kappa shape index (κ3) is 31.7. The average molecular weight is 1400 g/mol. The summed E-state index contributed by atoms with van der Waals surface area (Å²) in [7, 11) is 0. The number of rotatable bonds is 62. The summed E-state index contributed by atoms with van der Waals surface area (Å²) in [5.74, 6) is 4.40. The maximum atomic E-state index is 6.97. The molecule has 0 saturated heterocycles. The predicted molar refractivity (Wildman–Crippen MR) is 438 cm³/mol. The van der Waals surface area contributed by atoms with Crippen LogP contribution in [-0.4, -0.2) is 59.6 Å². The Balaban J connectivity index is 1.29. The van der Waals surface area contributed by atoms with E-state index in [1.165, 1.54) is 231 Å². The molecule has 10 heteroatoms. The van der Waals surface area contributed by atoms with Crippen molar-refractivity contribution in [2.45, 2.75) is 350 Å². The van der Waals surface area contributed by atoms with Gasteiger partial charge in [-0.15, -0.1) is 0 Å². The third-order valence-electron chi connectivity index (χ3n) is 20.5. The molecule has 2 aliphatic rings. The molecule has 0 unspecified atom stereocenters. The lowest BCUT2D eigenvalue weighted by Crippen LogP contribution is -2.07. The lowest BCUT2D eigenvalue weighted by atomic mass is 10.0. The smallest absolute Gasteiger partial charge is 0.203 e. The predicted octanol–water partition coefficient (Wildman–Crippen LogP) is 29.1. The molecule has 0 fully saturated rings. The number of benzene rings is 2. The number of H-pyrrole nitrogens is 2. The van der Waals surface area contributed by atoms with E-state index in [-0.39, 0.29) is 0 Å². The van der Waals surface area contributed by atoms with E-state index in [0.717, 1.165) is 179 Å². The van der Waals surface area contributed by atoms with Crippen LogP contribution in [0.4, 0.5) is 0 Å². The second-order valence-corrected chi connectivity index (χ2v) is 29.7. The van der Waals surface area contributed by atoms with Crippen molar-refractivity contribution in [2.24, 2.45) is 0 Å². The largest absolute Gasteiger partial charge is 0.490 e. The molecule has 102 heavy (non-hydrogen) atoms. The average Bonchev–Trinajstić information content (AvgIpc) is 1.53. The Morgan fingerprint density at radius 3 is 0.716 bits per heavy atom. The lowest BCUT2D eigenvalue weighted by molar-refractivity contribution is 0.234. The Labute approximate surface area is 620 Å². The summed E-state index contributed by atoms with van der Waals surface area (Å²) in [5, 5.41) is 0. The lowest BCUT2D eigenvalue weighted by Gasteiger charge is -2.19. The quantitative estimate of drug-likeness (QED) is 0.0363. The normalized spacial score (nSPS) is 11.9. The molecule has 8 bridgehead atoms.